The Morgan fingerprint density at radius 3 is 2.73 bits per heavy atom. The van der Waals surface area contributed by atoms with Crippen molar-refractivity contribution in [2.45, 2.75) is 25.9 Å². The fourth-order valence-electron chi connectivity index (χ4n) is 3.06. The minimum Gasteiger partial charge on any atom is -0.450 e. The quantitative estimate of drug-likeness (QED) is 0.833. The topological polar surface area (TPSA) is 96.9 Å². The number of rotatable bonds is 5. The Kier molecular flexibility index (Phi) is 6.21. The second kappa shape index (κ2) is 8.79. The maximum absolute atomic E-state index is 12.7. The van der Waals surface area contributed by atoms with E-state index in [0.29, 0.717) is 50.8 Å². The van der Waals surface area contributed by atoms with Gasteiger partial charge in [0.25, 0.3) is 5.91 Å². The van der Waals surface area contributed by atoms with E-state index in [-0.39, 0.29) is 18.1 Å². The highest BCUT2D eigenvalue weighted by molar-refractivity contribution is 5.93. The van der Waals surface area contributed by atoms with Crippen LogP contribution in [-0.4, -0.2) is 83.8 Å². The van der Waals surface area contributed by atoms with Gasteiger partial charge in [0.15, 0.2) is 0 Å². The van der Waals surface area contributed by atoms with Crippen molar-refractivity contribution < 1.29 is 19.1 Å². The van der Waals surface area contributed by atoms with E-state index in [1.807, 2.05) is 0 Å². The second-order valence-corrected chi connectivity index (χ2v) is 6.28. The molecule has 1 aromatic heterocycles. The molecule has 3 rings (SSSR count). The molecule has 0 saturated carbocycles. The van der Waals surface area contributed by atoms with Gasteiger partial charge in [-0.25, -0.2) is 14.8 Å². The molecule has 26 heavy (non-hydrogen) atoms. The van der Waals surface area contributed by atoms with Crippen LogP contribution in [-0.2, 0) is 9.47 Å². The third-order valence-corrected chi connectivity index (χ3v) is 4.51. The van der Waals surface area contributed by atoms with Crippen LogP contribution >= 0.6 is 0 Å². The smallest absolute Gasteiger partial charge is 0.409 e. The molecule has 0 aromatic carbocycles. The largest absolute Gasteiger partial charge is 0.450 e. The summed E-state index contributed by atoms with van der Waals surface area (Å²) in [5.41, 5.74) is 0.347. The molecule has 9 nitrogen and oxygen atoms in total. The average molecular weight is 363 g/mol. The van der Waals surface area contributed by atoms with Crippen molar-refractivity contribution in [3.05, 3.63) is 18.1 Å². The number of carbonyl (C=O) groups is 2. The number of hydrogen-bond donors (Lipinski definition) is 1. The fraction of sp³-hybridized carbons (Fsp3) is 0.647. The zero-order chi connectivity index (χ0) is 18.4. The van der Waals surface area contributed by atoms with Gasteiger partial charge in [0.1, 0.15) is 17.8 Å². The van der Waals surface area contributed by atoms with Crippen LogP contribution in [0.15, 0.2) is 12.4 Å². The van der Waals surface area contributed by atoms with Gasteiger partial charge in [-0.05, 0) is 19.8 Å². The van der Waals surface area contributed by atoms with E-state index in [0.717, 1.165) is 19.4 Å². The van der Waals surface area contributed by atoms with E-state index in [9.17, 15) is 9.59 Å². The van der Waals surface area contributed by atoms with Gasteiger partial charge in [0, 0.05) is 45.4 Å². The van der Waals surface area contributed by atoms with Gasteiger partial charge >= 0.3 is 6.09 Å². The normalized spacial score (nSPS) is 20.1. The predicted octanol–water partition coefficient (Wildman–Crippen LogP) is 0.982. The fourth-order valence-corrected chi connectivity index (χ4v) is 3.06. The predicted molar refractivity (Wildman–Crippen MR) is 94.0 cm³/mol. The number of aromatic nitrogens is 2. The lowest BCUT2D eigenvalue weighted by molar-refractivity contribution is 0.0566. The van der Waals surface area contributed by atoms with Crippen LogP contribution in [0.1, 0.15) is 30.3 Å². The molecule has 1 aromatic rings. The standard InChI is InChI=1S/C17H25N5O4/c1-2-25-17(24)22-7-5-21(6-8-22)16(23)14-10-15(20-12-19-14)18-11-13-4-3-9-26-13/h10,12-13H,2-9,11H2,1H3,(H,18,19,20). The average Bonchev–Trinajstić information content (AvgIpc) is 3.20. The van der Waals surface area contributed by atoms with Crippen LogP contribution in [0.4, 0.5) is 10.6 Å². The van der Waals surface area contributed by atoms with Gasteiger partial charge in [0.05, 0.1) is 12.7 Å². The lowest BCUT2D eigenvalue weighted by Gasteiger charge is -2.33. The second-order valence-electron chi connectivity index (χ2n) is 6.28. The van der Waals surface area contributed by atoms with Gasteiger partial charge in [-0.15, -0.1) is 0 Å². The van der Waals surface area contributed by atoms with Gasteiger partial charge in [-0.1, -0.05) is 0 Å². The first-order valence-corrected chi connectivity index (χ1v) is 9.06. The van der Waals surface area contributed by atoms with Crippen LogP contribution in [0.5, 0.6) is 0 Å². The summed E-state index contributed by atoms with van der Waals surface area (Å²) in [6, 6.07) is 1.66. The van der Waals surface area contributed by atoms with E-state index >= 15 is 0 Å². The number of ether oxygens (including phenoxy) is 2. The first-order valence-electron chi connectivity index (χ1n) is 9.06. The van der Waals surface area contributed by atoms with Gasteiger partial charge in [-0.2, -0.15) is 0 Å². The van der Waals surface area contributed by atoms with E-state index in [4.69, 9.17) is 9.47 Å². The highest BCUT2D eigenvalue weighted by atomic mass is 16.6. The maximum atomic E-state index is 12.7. The molecule has 0 bridgehead atoms. The van der Waals surface area contributed by atoms with Crippen molar-refractivity contribution in [1.29, 1.82) is 0 Å². The molecular formula is C17H25N5O4. The number of piperazine rings is 1. The molecule has 3 heterocycles. The molecule has 142 valence electrons. The summed E-state index contributed by atoms with van der Waals surface area (Å²) in [5, 5.41) is 3.20. The monoisotopic (exact) mass is 363 g/mol. The van der Waals surface area contributed by atoms with Crippen LogP contribution in [0, 0.1) is 0 Å². The van der Waals surface area contributed by atoms with Gasteiger partial charge in [0.2, 0.25) is 0 Å². The van der Waals surface area contributed by atoms with Crippen molar-refractivity contribution in [3.63, 3.8) is 0 Å². The number of hydrogen-bond acceptors (Lipinski definition) is 7. The SMILES string of the molecule is CCOC(=O)N1CCN(C(=O)c2cc(NCC3CCCO3)ncn2)CC1. The third-order valence-electron chi connectivity index (χ3n) is 4.51. The Balaban J connectivity index is 1.53. The zero-order valence-electron chi connectivity index (χ0n) is 15.0. The summed E-state index contributed by atoms with van der Waals surface area (Å²) in [5.74, 6) is 0.458. The van der Waals surface area contributed by atoms with E-state index in [1.54, 1.807) is 22.8 Å². The van der Waals surface area contributed by atoms with E-state index < -0.39 is 0 Å². The number of nitrogens with zero attached hydrogens (tertiary/aromatic N) is 4. The Labute approximate surface area is 152 Å². The molecular weight excluding hydrogens is 338 g/mol. The summed E-state index contributed by atoms with van der Waals surface area (Å²) in [7, 11) is 0. The Morgan fingerprint density at radius 2 is 2.04 bits per heavy atom. The van der Waals surface area contributed by atoms with Crippen molar-refractivity contribution in [2.75, 3.05) is 51.3 Å². The summed E-state index contributed by atoms with van der Waals surface area (Å²) in [6.45, 7) is 5.43. The lowest BCUT2D eigenvalue weighted by Crippen LogP contribution is -2.50. The van der Waals surface area contributed by atoms with Crippen molar-refractivity contribution in [3.8, 4) is 0 Å². The van der Waals surface area contributed by atoms with Gasteiger partial charge < -0.3 is 24.6 Å². The molecule has 1 N–H and O–H groups in total. The minimum absolute atomic E-state index is 0.156. The first kappa shape index (κ1) is 18.4. The third kappa shape index (κ3) is 4.60. The lowest BCUT2D eigenvalue weighted by atomic mass is 10.2. The summed E-state index contributed by atoms with van der Waals surface area (Å²) in [4.78, 5) is 36.0. The summed E-state index contributed by atoms with van der Waals surface area (Å²) < 4.78 is 10.6. The number of carbonyl (C=O) groups excluding carboxylic acids is 2. The number of amides is 2. The van der Waals surface area contributed by atoms with Crippen molar-refractivity contribution >= 4 is 17.8 Å². The summed E-state index contributed by atoms with van der Waals surface area (Å²) in [6.07, 6.45) is 3.37. The first-order chi connectivity index (χ1) is 12.7. The molecule has 2 fully saturated rings. The van der Waals surface area contributed by atoms with Crippen LogP contribution in [0.25, 0.3) is 0 Å². The van der Waals surface area contributed by atoms with Crippen LogP contribution < -0.4 is 5.32 Å². The van der Waals surface area contributed by atoms with E-state index in [2.05, 4.69) is 15.3 Å². The van der Waals surface area contributed by atoms with Crippen LogP contribution in [0.2, 0.25) is 0 Å². The molecule has 1 atom stereocenters. The highest BCUT2D eigenvalue weighted by Crippen LogP contribution is 2.14. The highest BCUT2D eigenvalue weighted by Gasteiger charge is 2.26. The number of nitrogens with one attached hydrogen (secondary N) is 1. The van der Waals surface area contributed by atoms with Crippen molar-refractivity contribution in [1.82, 2.24) is 19.8 Å². The molecule has 9 heteroatoms. The molecule has 2 amide bonds. The molecule has 0 radical (unpaired) electrons. The van der Waals surface area contributed by atoms with Gasteiger partial charge in [-0.3, -0.25) is 4.79 Å². The number of anilines is 1. The molecule has 0 aliphatic carbocycles. The zero-order valence-corrected chi connectivity index (χ0v) is 15.0. The Hall–Kier alpha value is -2.42. The molecule has 2 aliphatic rings. The Morgan fingerprint density at radius 1 is 1.27 bits per heavy atom. The molecule has 0 spiro atoms. The van der Waals surface area contributed by atoms with Crippen molar-refractivity contribution in [2.24, 2.45) is 0 Å². The van der Waals surface area contributed by atoms with E-state index in [1.165, 1.54) is 6.33 Å². The Bertz CT molecular complexity index is 627. The summed E-state index contributed by atoms with van der Waals surface area (Å²) >= 11 is 0. The molecule has 1 unspecified atom stereocenters. The molecule has 2 aliphatic heterocycles. The minimum atomic E-state index is -0.331. The van der Waals surface area contributed by atoms with Crippen LogP contribution in [0.3, 0.4) is 0 Å². The maximum Gasteiger partial charge on any atom is 0.409 e. The molecule has 2 saturated heterocycles.